The van der Waals surface area contributed by atoms with Crippen LogP contribution in [-0.2, 0) is 4.74 Å². The molecule has 3 heterocycles. The lowest BCUT2D eigenvalue weighted by Gasteiger charge is -2.11. The van der Waals surface area contributed by atoms with E-state index in [1.54, 1.807) is 6.07 Å². The third kappa shape index (κ3) is 1.76. The summed E-state index contributed by atoms with van der Waals surface area (Å²) >= 11 is 0. The van der Waals surface area contributed by atoms with Crippen LogP contribution in [0.3, 0.4) is 0 Å². The molecule has 7 nitrogen and oxygen atoms in total. The number of aliphatic hydroxyl groups is 2. The van der Waals surface area contributed by atoms with E-state index in [0.29, 0.717) is 17.0 Å². The molecule has 4 atom stereocenters. The molecule has 0 amide bonds. The van der Waals surface area contributed by atoms with Gasteiger partial charge >= 0.3 is 0 Å². The Morgan fingerprint density at radius 1 is 1.53 bits per heavy atom. The highest BCUT2D eigenvalue weighted by atomic mass is 19.1. The minimum absolute atomic E-state index is 0.352. The summed E-state index contributed by atoms with van der Waals surface area (Å²) in [7, 11) is 0. The predicted octanol–water partition coefficient (Wildman–Crippen LogP) is -0.557. The van der Waals surface area contributed by atoms with Gasteiger partial charge in [0.15, 0.2) is 11.8 Å². The maximum absolute atomic E-state index is 14.0. The van der Waals surface area contributed by atoms with Crippen molar-refractivity contribution in [1.29, 1.82) is 0 Å². The van der Waals surface area contributed by atoms with Crippen molar-refractivity contribution in [3.63, 3.8) is 0 Å². The number of nitrogens with zero attached hydrogens (tertiary/aromatic N) is 3. The molecular formula is C11H13FN4O3. The number of alkyl halides is 1. The number of rotatable bonds is 2. The standard InChI is InChI=1S/C11H13FN4O3/c12-8-9(18)7(4-17)19-10(8)6-3-14-11-5(13)1-2-15-16(6)11/h1-3,7-10,17-18H,4,13H2/t7-,8-,9-,10+/m1/s1. The zero-order chi connectivity index (χ0) is 13.6. The lowest BCUT2D eigenvalue weighted by molar-refractivity contribution is -0.0241. The predicted molar refractivity (Wildman–Crippen MR) is 63.0 cm³/mol. The Hall–Kier alpha value is -1.77. The number of fused-ring (bicyclic) bond motifs is 1. The van der Waals surface area contributed by atoms with Crippen molar-refractivity contribution < 1.29 is 19.3 Å². The molecule has 3 rings (SSSR count). The van der Waals surface area contributed by atoms with Crippen molar-refractivity contribution >= 4 is 11.3 Å². The van der Waals surface area contributed by atoms with Crippen molar-refractivity contribution in [2.75, 3.05) is 12.3 Å². The van der Waals surface area contributed by atoms with Crippen LogP contribution >= 0.6 is 0 Å². The topological polar surface area (TPSA) is 106 Å². The highest BCUT2D eigenvalue weighted by Gasteiger charge is 2.45. The second-order valence-electron chi connectivity index (χ2n) is 4.42. The molecule has 0 aliphatic carbocycles. The molecule has 2 aromatic heterocycles. The molecule has 0 bridgehead atoms. The summed E-state index contributed by atoms with van der Waals surface area (Å²) in [4.78, 5) is 4.06. The van der Waals surface area contributed by atoms with Gasteiger partial charge in [-0.3, -0.25) is 0 Å². The summed E-state index contributed by atoms with van der Waals surface area (Å²) in [5.41, 5.74) is 6.90. The fraction of sp³-hybridized carbons (Fsp3) is 0.455. The van der Waals surface area contributed by atoms with E-state index >= 15 is 0 Å². The fourth-order valence-electron chi connectivity index (χ4n) is 2.24. The lowest BCUT2D eigenvalue weighted by atomic mass is 10.1. The number of anilines is 1. The van der Waals surface area contributed by atoms with Crippen molar-refractivity contribution in [3.8, 4) is 0 Å². The van der Waals surface area contributed by atoms with Gasteiger partial charge in [0.05, 0.1) is 30.4 Å². The molecule has 0 radical (unpaired) electrons. The van der Waals surface area contributed by atoms with Gasteiger partial charge in [0.25, 0.3) is 0 Å². The highest BCUT2D eigenvalue weighted by molar-refractivity contribution is 5.63. The first kappa shape index (κ1) is 12.3. The van der Waals surface area contributed by atoms with Gasteiger partial charge in [0, 0.05) is 0 Å². The van der Waals surface area contributed by atoms with Crippen LogP contribution in [0, 0.1) is 0 Å². The van der Waals surface area contributed by atoms with Crippen molar-refractivity contribution in [1.82, 2.24) is 14.6 Å². The molecule has 1 saturated heterocycles. The van der Waals surface area contributed by atoms with E-state index < -0.39 is 31.1 Å². The van der Waals surface area contributed by atoms with Gasteiger partial charge in [-0.1, -0.05) is 0 Å². The number of aliphatic hydroxyl groups excluding tert-OH is 2. The normalized spacial score (nSPS) is 31.1. The Morgan fingerprint density at radius 3 is 3.00 bits per heavy atom. The van der Waals surface area contributed by atoms with E-state index in [9.17, 15) is 9.50 Å². The average Bonchev–Trinajstić information content (AvgIpc) is 2.94. The molecule has 0 saturated carbocycles. The summed E-state index contributed by atoms with van der Waals surface area (Å²) in [5, 5.41) is 22.7. The van der Waals surface area contributed by atoms with Crippen LogP contribution in [0.25, 0.3) is 5.65 Å². The molecule has 4 N–H and O–H groups in total. The van der Waals surface area contributed by atoms with Crippen molar-refractivity contribution in [2.24, 2.45) is 0 Å². The Labute approximate surface area is 107 Å². The second kappa shape index (κ2) is 4.41. The second-order valence-corrected chi connectivity index (χ2v) is 4.42. The number of imidazole rings is 1. The fourth-order valence-corrected chi connectivity index (χ4v) is 2.24. The molecule has 1 aliphatic heterocycles. The maximum atomic E-state index is 14.0. The quantitative estimate of drug-likeness (QED) is 0.674. The summed E-state index contributed by atoms with van der Waals surface area (Å²) in [5.74, 6) is 0. The SMILES string of the molecule is Nc1ccnn2c([C@@H]3O[C@H](CO)[C@@H](O)[C@H]3F)cnc12. The smallest absolute Gasteiger partial charge is 0.177 e. The van der Waals surface area contributed by atoms with E-state index in [4.69, 9.17) is 15.6 Å². The van der Waals surface area contributed by atoms with Crippen LogP contribution in [0.15, 0.2) is 18.5 Å². The van der Waals surface area contributed by atoms with Gasteiger partial charge < -0.3 is 20.7 Å². The summed E-state index contributed by atoms with van der Waals surface area (Å²) in [6.45, 7) is -0.454. The van der Waals surface area contributed by atoms with Crippen LogP contribution in [0.5, 0.6) is 0 Å². The third-order valence-corrected chi connectivity index (χ3v) is 3.25. The van der Waals surface area contributed by atoms with Crippen molar-refractivity contribution in [2.45, 2.75) is 24.5 Å². The molecule has 102 valence electrons. The van der Waals surface area contributed by atoms with Crippen LogP contribution in [0.4, 0.5) is 10.1 Å². The molecule has 0 spiro atoms. The Kier molecular flexibility index (Phi) is 2.85. The first-order chi connectivity index (χ1) is 9.13. The molecule has 2 aromatic rings. The molecule has 19 heavy (non-hydrogen) atoms. The van der Waals surface area contributed by atoms with Gasteiger partial charge in [-0.25, -0.2) is 13.9 Å². The molecule has 8 heteroatoms. The zero-order valence-corrected chi connectivity index (χ0v) is 9.85. The number of ether oxygens (including phenoxy) is 1. The van der Waals surface area contributed by atoms with Gasteiger partial charge in [0.2, 0.25) is 0 Å². The third-order valence-electron chi connectivity index (χ3n) is 3.25. The zero-order valence-electron chi connectivity index (χ0n) is 9.85. The number of hydrogen-bond donors (Lipinski definition) is 3. The Balaban J connectivity index is 2.04. The van der Waals surface area contributed by atoms with Crippen LogP contribution in [0.1, 0.15) is 11.8 Å². The summed E-state index contributed by atoms with van der Waals surface area (Å²) < 4.78 is 20.7. The number of hydrogen-bond acceptors (Lipinski definition) is 6. The van der Waals surface area contributed by atoms with E-state index in [-0.39, 0.29) is 0 Å². The molecule has 1 fully saturated rings. The maximum Gasteiger partial charge on any atom is 0.177 e. The number of halogens is 1. The van der Waals surface area contributed by atoms with E-state index in [1.807, 2.05) is 0 Å². The largest absolute Gasteiger partial charge is 0.396 e. The monoisotopic (exact) mass is 268 g/mol. The minimum Gasteiger partial charge on any atom is -0.396 e. The minimum atomic E-state index is -1.65. The van der Waals surface area contributed by atoms with Gasteiger partial charge in [-0.05, 0) is 6.07 Å². The summed E-state index contributed by atoms with van der Waals surface area (Å²) in [6.07, 6.45) is -2.14. The first-order valence-corrected chi connectivity index (χ1v) is 5.80. The number of aromatic nitrogens is 3. The van der Waals surface area contributed by atoms with E-state index in [0.717, 1.165) is 0 Å². The Bertz CT molecular complexity index is 605. The van der Waals surface area contributed by atoms with Gasteiger partial charge in [-0.15, -0.1) is 0 Å². The molecule has 0 aromatic carbocycles. The van der Waals surface area contributed by atoms with Crippen molar-refractivity contribution in [3.05, 3.63) is 24.2 Å². The Morgan fingerprint density at radius 2 is 2.32 bits per heavy atom. The van der Waals surface area contributed by atoms with E-state index in [1.165, 1.54) is 16.9 Å². The molecular weight excluding hydrogens is 255 g/mol. The number of nitrogens with two attached hydrogens (primary N) is 1. The van der Waals surface area contributed by atoms with Gasteiger partial charge in [0.1, 0.15) is 18.3 Å². The molecule has 1 aliphatic rings. The highest BCUT2D eigenvalue weighted by Crippen LogP contribution is 2.35. The van der Waals surface area contributed by atoms with E-state index in [2.05, 4.69) is 10.1 Å². The first-order valence-electron chi connectivity index (χ1n) is 5.80. The lowest BCUT2D eigenvalue weighted by Crippen LogP contribution is -2.30. The average molecular weight is 268 g/mol. The van der Waals surface area contributed by atoms with Crippen LogP contribution in [-0.4, -0.2) is 49.8 Å². The number of nitrogen functional groups attached to an aromatic ring is 1. The van der Waals surface area contributed by atoms with Crippen LogP contribution < -0.4 is 5.73 Å². The molecule has 0 unspecified atom stereocenters. The summed E-state index contributed by atoms with van der Waals surface area (Å²) in [6, 6.07) is 1.58. The van der Waals surface area contributed by atoms with Crippen LogP contribution in [0.2, 0.25) is 0 Å². The van der Waals surface area contributed by atoms with Gasteiger partial charge in [-0.2, -0.15) is 5.10 Å².